The van der Waals surface area contributed by atoms with Crippen LogP contribution in [0.5, 0.6) is 5.75 Å². The van der Waals surface area contributed by atoms with Crippen LogP contribution in [0.2, 0.25) is 0 Å². The summed E-state index contributed by atoms with van der Waals surface area (Å²) in [5.74, 6) is -0.185. The molecule has 38 heavy (non-hydrogen) atoms. The Morgan fingerprint density at radius 1 is 0.921 bits per heavy atom. The molecule has 9 heteroatoms. The van der Waals surface area contributed by atoms with Crippen LogP contribution in [0.1, 0.15) is 18.9 Å². The molecule has 4 aromatic carbocycles. The van der Waals surface area contributed by atoms with E-state index >= 15 is 0 Å². The molecule has 0 spiro atoms. The molecule has 0 aliphatic rings. The van der Waals surface area contributed by atoms with Gasteiger partial charge in [0.2, 0.25) is 0 Å². The van der Waals surface area contributed by atoms with Crippen molar-refractivity contribution in [3.8, 4) is 5.75 Å². The number of esters is 1. The fraction of sp³-hybridized carbons (Fsp3) is 0.207. The third-order valence-electron chi connectivity index (χ3n) is 6.34. The fourth-order valence-corrected chi connectivity index (χ4v) is 5.38. The number of sulfonamides is 1. The van der Waals surface area contributed by atoms with Gasteiger partial charge >= 0.3 is 5.97 Å². The summed E-state index contributed by atoms with van der Waals surface area (Å²) in [4.78, 5) is 14.1. The summed E-state index contributed by atoms with van der Waals surface area (Å²) in [6.45, 7) is 2.07. The highest BCUT2D eigenvalue weighted by Crippen LogP contribution is 2.36. The number of carbonyl (C=O) groups is 1. The Kier molecular flexibility index (Phi) is 8.16. The topological polar surface area (TPSA) is 84.9 Å². The van der Waals surface area contributed by atoms with Crippen molar-refractivity contribution in [2.75, 3.05) is 23.8 Å². The van der Waals surface area contributed by atoms with Crippen LogP contribution >= 0.6 is 0 Å². The molecule has 0 aromatic heterocycles. The van der Waals surface area contributed by atoms with Crippen molar-refractivity contribution >= 4 is 38.1 Å². The van der Waals surface area contributed by atoms with Gasteiger partial charge < -0.3 is 14.4 Å². The van der Waals surface area contributed by atoms with Crippen LogP contribution in [0.15, 0.2) is 89.8 Å². The molecule has 0 radical (unpaired) electrons. The maximum absolute atomic E-state index is 14.6. The highest BCUT2D eigenvalue weighted by Gasteiger charge is 2.23. The van der Waals surface area contributed by atoms with Crippen molar-refractivity contribution in [2.45, 2.75) is 30.8 Å². The van der Waals surface area contributed by atoms with Gasteiger partial charge in [-0.2, -0.15) is 0 Å². The van der Waals surface area contributed by atoms with Gasteiger partial charge in [0.1, 0.15) is 11.6 Å². The quantitative estimate of drug-likeness (QED) is 0.260. The highest BCUT2D eigenvalue weighted by molar-refractivity contribution is 7.92. The van der Waals surface area contributed by atoms with Crippen molar-refractivity contribution in [2.24, 2.45) is 0 Å². The Morgan fingerprint density at radius 2 is 1.58 bits per heavy atom. The molecule has 0 aliphatic heterocycles. The van der Waals surface area contributed by atoms with Gasteiger partial charge in [0.25, 0.3) is 10.0 Å². The van der Waals surface area contributed by atoms with E-state index in [0.29, 0.717) is 22.4 Å². The van der Waals surface area contributed by atoms with Crippen LogP contribution in [0, 0.1) is 5.82 Å². The maximum atomic E-state index is 14.6. The molecule has 0 saturated carbocycles. The van der Waals surface area contributed by atoms with Gasteiger partial charge in [-0.3, -0.25) is 9.52 Å². The highest BCUT2D eigenvalue weighted by atomic mass is 32.2. The number of benzene rings is 4. The number of ether oxygens (including phenoxy) is 2. The van der Waals surface area contributed by atoms with E-state index in [1.165, 1.54) is 32.4 Å². The van der Waals surface area contributed by atoms with Gasteiger partial charge in [-0.05, 0) is 49.4 Å². The van der Waals surface area contributed by atoms with Gasteiger partial charge in [-0.15, -0.1) is 0 Å². The fourth-order valence-electron chi connectivity index (χ4n) is 4.30. The summed E-state index contributed by atoms with van der Waals surface area (Å²) in [6.07, 6.45) is 0.0884. The summed E-state index contributed by atoms with van der Waals surface area (Å²) in [5, 5.41) is 1.40. The summed E-state index contributed by atoms with van der Waals surface area (Å²) < 4.78 is 53.6. The molecular formula is C29H29FN2O5S. The lowest BCUT2D eigenvalue weighted by molar-refractivity contribution is -0.140. The molecule has 0 aliphatic carbocycles. The van der Waals surface area contributed by atoms with Gasteiger partial charge in [0, 0.05) is 34.6 Å². The number of methoxy groups -OCH3 is 2. The van der Waals surface area contributed by atoms with Crippen LogP contribution in [0.25, 0.3) is 10.8 Å². The van der Waals surface area contributed by atoms with Gasteiger partial charge in [-0.1, -0.05) is 42.5 Å². The standard InChI is InChI=1S/C29H29FN2O5S/c1-20(18-29(33)37-3)32(19-21-8-4-7-11-26(21)30)28-17-16-27(24-9-5-6-10-25(24)28)31-38(34,35)23-14-12-22(36-2)13-15-23/h4-17,20,31H,18-19H2,1-3H3/t20-/m0/s1. The lowest BCUT2D eigenvalue weighted by atomic mass is 10.0. The average molecular weight is 537 g/mol. The molecule has 198 valence electrons. The normalized spacial score (nSPS) is 12.1. The molecule has 7 nitrogen and oxygen atoms in total. The third kappa shape index (κ3) is 5.89. The molecule has 0 saturated heterocycles. The first kappa shape index (κ1) is 26.9. The van der Waals surface area contributed by atoms with E-state index < -0.39 is 10.0 Å². The van der Waals surface area contributed by atoms with Crippen molar-refractivity contribution in [1.29, 1.82) is 0 Å². The van der Waals surface area contributed by atoms with E-state index in [0.717, 1.165) is 11.1 Å². The summed E-state index contributed by atoms with van der Waals surface area (Å²) in [7, 11) is -1.04. The number of hydrogen-bond acceptors (Lipinski definition) is 6. The molecule has 0 bridgehead atoms. The minimum Gasteiger partial charge on any atom is -0.497 e. The number of hydrogen-bond donors (Lipinski definition) is 1. The monoisotopic (exact) mass is 536 g/mol. The Bertz CT molecular complexity index is 1540. The SMILES string of the molecule is COC(=O)C[C@H](C)N(Cc1ccccc1F)c1ccc(NS(=O)(=O)c2ccc(OC)cc2)c2ccccc12. The summed E-state index contributed by atoms with van der Waals surface area (Å²) in [6, 6.07) is 23.1. The van der Waals surface area contributed by atoms with Crippen LogP contribution in [0.4, 0.5) is 15.8 Å². The molecule has 1 atom stereocenters. The number of nitrogens with zero attached hydrogens (tertiary/aromatic N) is 1. The number of nitrogens with one attached hydrogen (secondary N) is 1. The number of rotatable bonds is 10. The second-order valence-corrected chi connectivity index (χ2v) is 10.5. The second-order valence-electron chi connectivity index (χ2n) is 8.81. The number of anilines is 2. The van der Waals surface area contributed by atoms with Crippen molar-refractivity contribution < 1.29 is 27.1 Å². The van der Waals surface area contributed by atoms with E-state index in [1.54, 1.807) is 42.5 Å². The minimum atomic E-state index is -3.88. The zero-order valence-corrected chi connectivity index (χ0v) is 22.2. The van der Waals surface area contributed by atoms with Crippen molar-refractivity contribution in [1.82, 2.24) is 0 Å². The third-order valence-corrected chi connectivity index (χ3v) is 7.73. The van der Waals surface area contributed by atoms with Crippen LogP contribution in [0.3, 0.4) is 0 Å². The molecule has 0 fully saturated rings. The van der Waals surface area contributed by atoms with E-state index in [-0.39, 0.29) is 35.7 Å². The maximum Gasteiger partial charge on any atom is 0.307 e. The van der Waals surface area contributed by atoms with Crippen LogP contribution < -0.4 is 14.4 Å². The van der Waals surface area contributed by atoms with Gasteiger partial charge in [-0.25, -0.2) is 12.8 Å². The smallest absolute Gasteiger partial charge is 0.307 e. The van der Waals surface area contributed by atoms with E-state index in [2.05, 4.69) is 4.72 Å². The number of fused-ring (bicyclic) bond motifs is 1. The lowest BCUT2D eigenvalue weighted by Gasteiger charge is -2.32. The number of halogens is 1. The van der Waals surface area contributed by atoms with Crippen molar-refractivity contribution in [3.63, 3.8) is 0 Å². The predicted molar refractivity (Wildman–Crippen MR) is 146 cm³/mol. The molecular weight excluding hydrogens is 507 g/mol. The zero-order valence-electron chi connectivity index (χ0n) is 21.3. The lowest BCUT2D eigenvalue weighted by Crippen LogP contribution is -2.35. The van der Waals surface area contributed by atoms with E-state index in [9.17, 15) is 17.6 Å². The van der Waals surface area contributed by atoms with Crippen LogP contribution in [-0.2, 0) is 26.1 Å². The molecule has 4 aromatic rings. The minimum absolute atomic E-state index is 0.0884. The Morgan fingerprint density at radius 3 is 2.24 bits per heavy atom. The summed E-state index contributed by atoms with van der Waals surface area (Å²) in [5.41, 5.74) is 1.59. The molecule has 0 amide bonds. The predicted octanol–water partition coefficient (Wildman–Crippen LogP) is 5.75. The first-order valence-electron chi connectivity index (χ1n) is 12.0. The van der Waals surface area contributed by atoms with Gasteiger partial charge in [0.15, 0.2) is 0 Å². The van der Waals surface area contributed by atoms with E-state index in [4.69, 9.17) is 9.47 Å². The molecule has 1 N–H and O–H groups in total. The molecule has 0 heterocycles. The molecule has 4 rings (SSSR count). The second kappa shape index (κ2) is 11.5. The largest absolute Gasteiger partial charge is 0.497 e. The zero-order chi connectivity index (χ0) is 27.3. The first-order chi connectivity index (χ1) is 18.2. The van der Waals surface area contributed by atoms with Gasteiger partial charge in [0.05, 0.1) is 31.2 Å². The first-order valence-corrected chi connectivity index (χ1v) is 13.5. The Balaban J connectivity index is 1.76. The summed E-state index contributed by atoms with van der Waals surface area (Å²) >= 11 is 0. The van der Waals surface area contributed by atoms with E-state index in [1.807, 2.05) is 36.1 Å². The Hall–Kier alpha value is -4.11. The van der Waals surface area contributed by atoms with Crippen molar-refractivity contribution in [3.05, 3.63) is 96.3 Å². The van der Waals surface area contributed by atoms with Crippen LogP contribution in [-0.4, -0.2) is 34.6 Å². The molecule has 0 unspecified atom stereocenters. The Labute approximate surface area is 221 Å². The average Bonchev–Trinajstić information content (AvgIpc) is 2.93. The number of carbonyl (C=O) groups excluding carboxylic acids is 1.